The Balaban J connectivity index is 1.65. The van der Waals surface area contributed by atoms with E-state index in [1.807, 2.05) is 12.1 Å². The first-order valence-electron chi connectivity index (χ1n) is 11.6. The molecule has 0 spiro atoms. The number of amides is 1. The molecule has 4 rings (SSSR count). The summed E-state index contributed by atoms with van der Waals surface area (Å²) in [6.07, 6.45) is 4.76. The minimum Gasteiger partial charge on any atom is -0.386 e. The Bertz CT molecular complexity index is 1150. The molecule has 0 radical (unpaired) electrons. The number of benzene rings is 1. The first kappa shape index (κ1) is 23.8. The van der Waals surface area contributed by atoms with Crippen LogP contribution in [0.1, 0.15) is 86.0 Å². The third-order valence-corrected chi connectivity index (χ3v) is 7.85. The fourth-order valence-electron chi connectivity index (χ4n) is 4.74. The lowest BCUT2D eigenvalue weighted by molar-refractivity contribution is 0.0794. The second-order valence-electron chi connectivity index (χ2n) is 10.1. The van der Waals surface area contributed by atoms with Crippen molar-refractivity contribution in [3.05, 3.63) is 52.0 Å². The highest BCUT2D eigenvalue weighted by Gasteiger charge is 2.28. The molecule has 1 amide bonds. The summed E-state index contributed by atoms with van der Waals surface area (Å²) in [6, 6.07) is 6.12. The molecule has 0 aliphatic heterocycles. The van der Waals surface area contributed by atoms with Crippen LogP contribution in [0.5, 0.6) is 0 Å². The van der Waals surface area contributed by atoms with Crippen molar-refractivity contribution in [1.29, 1.82) is 0 Å². The number of nitrogens with one attached hydrogen (secondary N) is 1. The van der Waals surface area contributed by atoms with Crippen LogP contribution in [0.4, 0.5) is 10.1 Å². The molecule has 7 heteroatoms. The van der Waals surface area contributed by atoms with E-state index < -0.39 is 17.3 Å². The number of pyridine rings is 1. The van der Waals surface area contributed by atoms with E-state index in [4.69, 9.17) is 4.98 Å². The predicted molar refractivity (Wildman–Crippen MR) is 131 cm³/mol. The van der Waals surface area contributed by atoms with Crippen LogP contribution in [0, 0.1) is 24.6 Å². The Labute approximate surface area is 198 Å². The molecule has 1 fully saturated rings. The van der Waals surface area contributed by atoms with E-state index in [1.165, 1.54) is 18.9 Å². The van der Waals surface area contributed by atoms with Gasteiger partial charge >= 0.3 is 0 Å². The van der Waals surface area contributed by atoms with Crippen molar-refractivity contribution in [1.82, 2.24) is 9.97 Å². The van der Waals surface area contributed by atoms with Gasteiger partial charge in [-0.2, -0.15) is 0 Å². The molecular formula is C26H32FN3O2S. The highest BCUT2D eigenvalue weighted by atomic mass is 32.1. The van der Waals surface area contributed by atoms with Gasteiger partial charge in [0.1, 0.15) is 11.5 Å². The van der Waals surface area contributed by atoms with E-state index in [0.717, 1.165) is 46.0 Å². The van der Waals surface area contributed by atoms with Gasteiger partial charge in [-0.25, -0.2) is 14.4 Å². The summed E-state index contributed by atoms with van der Waals surface area (Å²) in [4.78, 5) is 21.9. The van der Waals surface area contributed by atoms with Crippen molar-refractivity contribution in [3.63, 3.8) is 0 Å². The second-order valence-corrected chi connectivity index (χ2v) is 11.2. The number of aliphatic hydroxyl groups is 1. The monoisotopic (exact) mass is 469 g/mol. The lowest BCUT2D eigenvalue weighted by Crippen LogP contribution is -2.21. The lowest BCUT2D eigenvalue weighted by Gasteiger charge is -2.29. The number of nitrogens with zero attached hydrogens (tertiary/aromatic N) is 2. The highest BCUT2D eigenvalue weighted by Crippen LogP contribution is 2.42. The Hall–Kier alpha value is -2.38. The smallest absolute Gasteiger partial charge is 0.274 e. The van der Waals surface area contributed by atoms with Gasteiger partial charge in [0.05, 0.1) is 20.8 Å². The summed E-state index contributed by atoms with van der Waals surface area (Å²) in [5, 5.41) is 14.7. The molecule has 0 bridgehead atoms. The predicted octanol–water partition coefficient (Wildman–Crippen LogP) is 6.55. The molecule has 0 saturated heterocycles. The SMILES string of the molecule is Cc1cc(F)cc(C(=O)Nc2cc3sc(C4CCC(C(C)C)CC4)nc3cc2C(C)(C)O)n1. The lowest BCUT2D eigenvalue weighted by atomic mass is 9.77. The molecule has 1 aromatic carbocycles. The number of anilines is 1. The number of thiazole rings is 1. The summed E-state index contributed by atoms with van der Waals surface area (Å²) in [5.41, 5.74) is 1.12. The number of rotatable bonds is 5. The largest absolute Gasteiger partial charge is 0.386 e. The number of carbonyl (C=O) groups is 1. The summed E-state index contributed by atoms with van der Waals surface area (Å²) >= 11 is 1.66. The normalized spacial score (nSPS) is 19.3. The number of halogens is 1. The molecule has 0 atom stereocenters. The van der Waals surface area contributed by atoms with E-state index in [-0.39, 0.29) is 5.69 Å². The summed E-state index contributed by atoms with van der Waals surface area (Å²) in [5.74, 6) is 0.947. The zero-order valence-corrected chi connectivity index (χ0v) is 20.7. The Morgan fingerprint density at radius 2 is 1.85 bits per heavy atom. The van der Waals surface area contributed by atoms with Crippen molar-refractivity contribution >= 4 is 33.1 Å². The molecule has 2 heterocycles. The molecule has 176 valence electrons. The second kappa shape index (κ2) is 9.11. The van der Waals surface area contributed by atoms with Crippen molar-refractivity contribution in [3.8, 4) is 0 Å². The fraction of sp³-hybridized carbons (Fsp3) is 0.500. The molecule has 1 saturated carbocycles. The molecule has 3 aromatic rings. The van der Waals surface area contributed by atoms with Crippen LogP contribution in [0.2, 0.25) is 0 Å². The van der Waals surface area contributed by atoms with Crippen LogP contribution in [0.25, 0.3) is 10.2 Å². The van der Waals surface area contributed by atoms with E-state index in [2.05, 4.69) is 24.1 Å². The van der Waals surface area contributed by atoms with Gasteiger partial charge in [-0.15, -0.1) is 11.3 Å². The van der Waals surface area contributed by atoms with Crippen LogP contribution < -0.4 is 5.32 Å². The van der Waals surface area contributed by atoms with E-state index in [0.29, 0.717) is 22.9 Å². The topological polar surface area (TPSA) is 75.1 Å². The summed E-state index contributed by atoms with van der Waals surface area (Å²) in [6.45, 7) is 9.60. The highest BCUT2D eigenvalue weighted by molar-refractivity contribution is 7.18. The molecule has 2 N–H and O–H groups in total. The van der Waals surface area contributed by atoms with Crippen LogP contribution in [-0.2, 0) is 5.60 Å². The van der Waals surface area contributed by atoms with Gasteiger partial charge < -0.3 is 10.4 Å². The molecule has 2 aromatic heterocycles. The average molecular weight is 470 g/mol. The van der Waals surface area contributed by atoms with Gasteiger partial charge in [0.15, 0.2) is 0 Å². The van der Waals surface area contributed by atoms with E-state index in [1.54, 1.807) is 32.1 Å². The van der Waals surface area contributed by atoms with Crippen molar-refractivity contribution < 1.29 is 14.3 Å². The third-order valence-electron chi connectivity index (χ3n) is 6.67. The minimum absolute atomic E-state index is 0.00111. The molecular weight excluding hydrogens is 437 g/mol. The van der Waals surface area contributed by atoms with Crippen molar-refractivity contribution in [2.75, 3.05) is 5.32 Å². The van der Waals surface area contributed by atoms with Gasteiger partial charge in [-0.05, 0) is 76.5 Å². The molecule has 33 heavy (non-hydrogen) atoms. The van der Waals surface area contributed by atoms with Crippen LogP contribution in [0.3, 0.4) is 0 Å². The maximum Gasteiger partial charge on any atom is 0.274 e. The van der Waals surface area contributed by atoms with Crippen LogP contribution in [0.15, 0.2) is 24.3 Å². The number of hydrogen-bond acceptors (Lipinski definition) is 5. The Morgan fingerprint density at radius 1 is 1.15 bits per heavy atom. The molecule has 1 aliphatic carbocycles. The average Bonchev–Trinajstić information content (AvgIpc) is 3.15. The maximum atomic E-state index is 13.8. The van der Waals surface area contributed by atoms with Crippen LogP contribution in [-0.4, -0.2) is 21.0 Å². The first-order chi connectivity index (χ1) is 15.5. The number of aryl methyl sites for hydroxylation is 1. The fourth-order valence-corrected chi connectivity index (χ4v) is 5.90. The summed E-state index contributed by atoms with van der Waals surface area (Å²) in [7, 11) is 0. The standard InChI is InChI=1S/C26H32FN3O2S/c1-14(2)16-6-8-17(9-7-16)25-30-21-12-19(26(4,5)32)20(13-23(21)33-25)29-24(31)22-11-18(27)10-15(3)28-22/h10-14,16-17,32H,6-9H2,1-5H3,(H,29,31). The molecule has 0 unspecified atom stereocenters. The third kappa shape index (κ3) is 5.25. The van der Waals surface area contributed by atoms with Gasteiger partial charge in [0.2, 0.25) is 0 Å². The quantitative estimate of drug-likeness (QED) is 0.444. The van der Waals surface area contributed by atoms with Gasteiger partial charge in [0, 0.05) is 28.9 Å². The molecule has 5 nitrogen and oxygen atoms in total. The number of aromatic nitrogens is 2. The number of fused-ring (bicyclic) bond motifs is 1. The first-order valence-corrected chi connectivity index (χ1v) is 12.5. The minimum atomic E-state index is -1.19. The van der Waals surface area contributed by atoms with Crippen LogP contribution >= 0.6 is 11.3 Å². The van der Waals surface area contributed by atoms with Crippen molar-refractivity contribution in [2.45, 2.75) is 71.8 Å². The number of carbonyl (C=O) groups excluding carboxylic acids is 1. The van der Waals surface area contributed by atoms with Crippen molar-refractivity contribution in [2.24, 2.45) is 11.8 Å². The number of hydrogen-bond donors (Lipinski definition) is 2. The molecule has 1 aliphatic rings. The zero-order valence-electron chi connectivity index (χ0n) is 19.9. The zero-order chi connectivity index (χ0) is 23.9. The Morgan fingerprint density at radius 3 is 2.45 bits per heavy atom. The van der Waals surface area contributed by atoms with E-state index in [9.17, 15) is 14.3 Å². The summed E-state index contributed by atoms with van der Waals surface area (Å²) < 4.78 is 14.7. The van der Waals surface area contributed by atoms with Gasteiger partial charge in [0.25, 0.3) is 5.91 Å². The van der Waals surface area contributed by atoms with E-state index >= 15 is 0 Å². The van der Waals surface area contributed by atoms with Gasteiger partial charge in [-0.1, -0.05) is 13.8 Å². The Kier molecular flexibility index (Phi) is 6.56. The maximum absolute atomic E-state index is 13.8. The van der Waals surface area contributed by atoms with Gasteiger partial charge in [-0.3, -0.25) is 4.79 Å².